The van der Waals surface area contributed by atoms with Crippen LogP contribution in [0.1, 0.15) is 0 Å². The summed E-state index contributed by atoms with van der Waals surface area (Å²) in [4.78, 5) is 0. The standard InChI is InChI=1S/C12H10N2O/c1-2-8-15-11-5-3-4-10(9-11)12-6-7-13-14-12/h1,3-7,9H,8H2,(H,13,14). The smallest absolute Gasteiger partial charge is 0.148 e. The zero-order valence-corrected chi connectivity index (χ0v) is 8.10. The van der Waals surface area contributed by atoms with E-state index in [1.165, 1.54) is 0 Å². The number of hydrogen-bond acceptors (Lipinski definition) is 2. The molecule has 15 heavy (non-hydrogen) atoms. The van der Waals surface area contributed by atoms with Crippen molar-refractivity contribution in [3.05, 3.63) is 36.5 Å². The van der Waals surface area contributed by atoms with Crippen LogP contribution in [0.15, 0.2) is 36.5 Å². The molecule has 1 N–H and O–H groups in total. The molecule has 1 aromatic heterocycles. The summed E-state index contributed by atoms with van der Waals surface area (Å²) in [5, 5.41) is 6.78. The first-order chi connectivity index (χ1) is 7.40. The monoisotopic (exact) mass is 198 g/mol. The highest BCUT2D eigenvalue weighted by Crippen LogP contribution is 2.21. The van der Waals surface area contributed by atoms with Crippen LogP contribution >= 0.6 is 0 Å². The van der Waals surface area contributed by atoms with E-state index < -0.39 is 0 Å². The lowest BCUT2D eigenvalue weighted by Gasteiger charge is -2.03. The number of ether oxygens (including phenoxy) is 1. The maximum absolute atomic E-state index is 5.32. The number of H-pyrrole nitrogens is 1. The molecule has 0 bridgehead atoms. The molecule has 74 valence electrons. The second kappa shape index (κ2) is 4.34. The fourth-order valence-corrected chi connectivity index (χ4v) is 1.30. The van der Waals surface area contributed by atoms with Crippen molar-refractivity contribution in [3.8, 4) is 29.4 Å². The summed E-state index contributed by atoms with van der Waals surface area (Å²) in [5.41, 5.74) is 1.99. The second-order valence-electron chi connectivity index (χ2n) is 2.99. The highest BCUT2D eigenvalue weighted by atomic mass is 16.5. The van der Waals surface area contributed by atoms with E-state index in [9.17, 15) is 0 Å². The Morgan fingerprint density at radius 1 is 1.40 bits per heavy atom. The summed E-state index contributed by atoms with van der Waals surface area (Å²) in [6.45, 7) is 0.284. The largest absolute Gasteiger partial charge is 0.481 e. The Labute approximate surface area is 88.1 Å². The number of rotatable bonds is 3. The first-order valence-corrected chi connectivity index (χ1v) is 4.56. The maximum atomic E-state index is 5.32. The fraction of sp³-hybridized carbons (Fsp3) is 0.0833. The Bertz CT molecular complexity index is 469. The second-order valence-corrected chi connectivity index (χ2v) is 2.99. The molecule has 3 nitrogen and oxygen atoms in total. The van der Waals surface area contributed by atoms with Crippen LogP contribution in [0.4, 0.5) is 0 Å². The Morgan fingerprint density at radius 2 is 2.33 bits per heavy atom. The van der Waals surface area contributed by atoms with Crippen molar-refractivity contribution in [1.29, 1.82) is 0 Å². The zero-order chi connectivity index (χ0) is 10.5. The highest BCUT2D eigenvalue weighted by molar-refractivity contribution is 5.60. The van der Waals surface area contributed by atoms with Crippen LogP contribution in [-0.2, 0) is 0 Å². The molecular weight excluding hydrogens is 188 g/mol. The normalized spacial score (nSPS) is 9.53. The van der Waals surface area contributed by atoms with Crippen molar-refractivity contribution in [2.75, 3.05) is 6.61 Å². The number of nitrogens with one attached hydrogen (secondary N) is 1. The molecule has 0 amide bonds. The van der Waals surface area contributed by atoms with Crippen molar-refractivity contribution in [3.63, 3.8) is 0 Å². The Morgan fingerprint density at radius 3 is 3.07 bits per heavy atom. The van der Waals surface area contributed by atoms with Gasteiger partial charge in [0, 0.05) is 11.8 Å². The molecule has 0 aliphatic carbocycles. The van der Waals surface area contributed by atoms with Gasteiger partial charge in [0.1, 0.15) is 12.4 Å². The average molecular weight is 198 g/mol. The molecule has 0 radical (unpaired) electrons. The van der Waals surface area contributed by atoms with Crippen LogP contribution in [0, 0.1) is 12.3 Å². The zero-order valence-electron chi connectivity index (χ0n) is 8.10. The molecule has 1 aromatic carbocycles. The molecule has 0 saturated carbocycles. The first-order valence-electron chi connectivity index (χ1n) is 4.56. The van der Waals surface area contributed by atoms with Crippen LogP contribution in [0.5, 0.6) is 5.75 Å². The van der Waals surface area contributed by atoms with E-state index in [1.54, 1.807) is 6.20 Å². The summed E-state index contributed by atoms with van der Waals surface area (Å²) in [6.07, 6.45) is 6.83. The molecule has 0 atom stereocenters. The van der Waals surface area contributed by atoms with Crippen LogP contribution in [0.3, 0.4) is 0 Å². The van der Waals surface area contributed by atoms with Gasteiger partial charge in [-0.3, -0.25) is 5.10 Å². The fourth-order valence-electron chi connectivity index (χ4n) is 1.30. The van der Waals surface area contributed by atoms with E-state index >= 15 is 0 Å². The first kappa shape index (κ1) is 9.35. The van der Waals surface area contributed by atoms with E-state index in [-0.39, 0.29) is 6.61 Å². The van der Waals surface area contributed by atoms with Gasteiger partial charge in [0.05, 0.1) is 5.69 Å². The van der Waals surface area contributed by atoms with Gasteiger partial charge in [-0.1, -0.05) is 18.1 Å². The maximum Gasteiger partial charge on any atom is 0.148 e. The summed E-state index contributed by atoms with van der Waals surface area (Å²) < 4.78 is 5.32. The van der Waals surface area contributed by atoms with Crippen LogP contribution in [-0.4, -0.2) is 16.8 Å². The minimum atomic E-state index is 0.284. The summed E-state index contributed by atoms with van der Waals surface area (Å²) in [7, 11) is 0. The van der Waals surface area contributed by atoms with Crippen molar-refractivity contribution in [1.82, 2.24) is 10.2 Å². The minimum Gasteiger partial charge on any atom is -0.481 e. The average Bonchev–Trinajstić information content (AvgIpc) is 2.80. The summed E-state index contributed by atoms with van der Waals surface area (Å²) in [5.74, 6) is 3.19. The molecule has 0 aliphatic heterocycles. The van der Waals surface area contributed by atoms with Gasteiger partial charge in [-0.15, -0.1) is 6.42 Å². The quantitative estimate of drug-likeness (QED) is 0.767. The van der Waals surface area contributed by atoms with Gasteiger partial charge < -0.3 is 4.74 Å². The Hall–Kier alpha value is -2.21. The van der Waals surface area contributed by atoms with E-state index in [2.05, 4.69) is 16.1 Å². The molecule has 0 saturated heterocycles. The summed E-state index contributed by atoms with van der Waals surface area (Å²) in [6, 6.07) is 9.60. The minimum absolute atomic E-state index is 0.284. The van der Waals surface area contributed by atoms with Gasteiger partial charge in [-0.05, 0) is 18.2 Å². The molecule has 2 rings (SSSR count). The lowest BCUT2D eigenvalue weighted by molar-refractivity contribution is 0.370. The number of hydrogen-bond donors (Lipinski definition) is 1. The molecule has 3 heteroatoms. The third-order valence-electron chi connectivity index (χ3n) is 1.97. The number of aromatic nitrogens is 2. The van der Waals surface area contributed by atoms with Crippen molar-refractivity contribution in [2.45, 2.75) is 0 Å². The third-order valence-corrected chi connectivity index (χ3v) is 1.97. The SMILES string of the molecule is C#CCOc1cccc(-c2ccn[nH]2)c1. The van der Waals surface area contributed by atoms with Crippen molar-refractivity contribution in [2.24, 2.45) is 0 Å². The molecule has 0 aliphatic rings. The van der Waals surface area contributed by atoms with Gasteiger partial charge in [0.2, 0.25) is 0 Å². The highest BCUT2D eigenvalue weighted by Gasteiger charge is 2.00. The predicted octanol–water partition coefficient (Wildman–Crippen LogP) is 2.09. The van der Waals surface area contributed by atoms with Crippen LogP contribution in [0.2, 0.25) is 0 Å². The third kappa shape index (κ3) is 2.18. The number of nitrogens with zero attached hydrogens (tertiary/aromatic N) is 1. The molecular formula is C12H10N2O. The molecule has 0 fully saturated rings. The van der Waals surface area contributed by atoms with Gasteiger partial charge in [0.15, 0.2) is 0 Å². The molecule has 1 heterocycles. The van der Waals surface area contributed by atoms with E-state index in [0.29, 0.717) is 0 Å². The molecule has 0 unspecified atom stereocenters. The van der Waals surface area contributed by atoms with Crippen LogP contribution < -0.4 is 4.74 Å². The summed E-state index contributed by atoms with van der Waals surface area (Å²) >= 11 is 0. The van der Waals surface area contributed by atoms with Gasteiger partial charge in [0.25, 0.3) is 0 Å². The number of benzene rings is 1. The van der Waals surface area contributed by atoms with E-state index in [4.69, 9.17) is 11.2 Å². The number of terminal acetylenes is 1. The van der Waals surface area contributed by atoms with Crippen molar-refractivity contribution >= 4 is 0 Å². The van der Waals surface area contributed by atoms with Gasteiger partial charge in [-0.2, -0.15) is 5.10 Å². The Kier molecular flexibility index (Phi) is 2.70. The van der Waals surface area contributed by atoms with E-state index in [0.717, 1.165) is 17.0 Å². The Balaban J connectivity index is 2.24. The van der Waals surface area contributed by atoms with Crippen LogP contribution in [0.25, 0.3) is 11.3 Å². The number of aromatic amines is 1. The molecule has 0 spiro atoms. The predicted molar refractivity (Wildman–Crippen MR) is 58.4 cm³/mol. The lowest BCUT2D eigenvalue weighted by Crippen LogP contribution is -1.93. The van der Waals surface area contributed by atoms with Crippen molar-refractivity contribution < 1.29 is 4.74 Å². The molecule has 2 aromatic rings. The lowest BCUT2D eigenvalue weighted by atomic mass is 10.1. The van der Waals surface area contributed by atoms with E-state index in [1.807, 2.05) is 30.3 Å². The topological polar surface area (TPSA) is 37.9 Å². The van der Waals surface area contributed by atoms with Gasteiger partial charge in [-0.25, -0.2) is 0 Å². The van der Waals surface area contributed by atoms with Gasteiger partial charge >= 0.3 is 0 Å².